The van der Waals surface area contributed by atoms with Crippen LogP contribution < -0.4 is 0 Å². The molecule has 1 aliphatic rings. The first-order chi connectivity index (χ1) is 9.34. The molecule has 0 bridgehead atoms. The fourth-order valence-electron chi connectivity index (χ4n) is 2.69. The zero-order valence-corrected chi connectivity index (χ0v) is 14.3. The summed E-state index contributed by atoms with van der Waals surface area (Å²) in [4.78, 5) is 2.30. The maximum absolute atomic E-state index is 10.7. The number of aryl methyl sites for hydroxylation is 2. The number of nitrogens with zero attached hydrogens (tertiary/aromatic N) is 3. The lowest BCUT2D eigenvalue weighted by Gasteiger charge is -2.43. The molecule has 6 heteroatoms. The molecular formula is C14H24BrN3O2. The second-order valence-electron chi connectivity index (χ2n) is 5.94. The lowest BCUT2D eigenvalue weighted by Crippen LogP contribution is -2.56. The van der Waals surface area contributed by atoms with E-state index >= 15 is 0 Å². The fraction of sp³-hybridized carbons (Fsp3) is 0.786. The molecule has 0 amide bonds. The van der Waals surface area contributed by atoms with Gasteiger partial charge in [0, 0.05) is 32.1 Å². The van der Waals surface area contributed by atoms with Crippen molar-refractivity contribution in [3.63, 3.8) is 0 Å². The van der Waals surface area contributed by atoms with E-state index in [2.05, 4.69) is 39.8 Å². The zero-order chi connectivity index (χ0) is 14.9. The quantitative estimate of drug-likeness (QED) is 0.898. The van der Waals surface area contributed by atoms with Crippen LogP contribution in [0.3, 0.4) is 0 Å². The summed E-state index contributed by atoms with van der Waals surface area (Å²) in [6, 6.07) is 0. The third kappa shape index (κ3) is 3.08. The van der Waals surface area contributed by atoms with Gasteiger partial charge in [-0.15, -0.1) is 0 Å². The van der Waals surface area contributed by atoms with Crippen molar-refractivity contribution < 1.29 is 9.84 Å². The predicted molar refractivity (Wildman–Crippen MR) is 81.8 cm³/mol. The van der Waals surface area contributed by atoms with E-state index in [-0.39, 0.29) is 5.54 Å². The molecule has 1 aromatic rings. The molecule has 0 spiro atoms. The first-order valence-corrected chi connectivity index (χ1v) is 7.82. The molecule has 1 aromatic heterocycles. The highest BCUT2D eigenvalue weighted by molar-refractivity contribution is 9.10. The Hall–Kier alpha value is -0.430. The van der Waals surface area contributed by atoms with Gasteiger partial charge in [0.05, 0.1) is 35.2 Å². The molecule has 2 heterocycles. The van der Waals surface area contributed by atoms with Crippen LogP contribution in [0.4, 0.5) is 0 Å². The number of aliphatic hydroxyl groups excluding tert-OH is 1. The standard InChI is InChI=1S/C14H24BrN3O2/c1-10-13(15)11(17(4)16-10)9-12(19)14(2,3)18-5-7-20-8-6-18/h12,19H,5-9H2,1-4H3. The van der Waals surface area contributed by atoms with Crippen LogP contribution in [0.2, 0.25) is 0 Å². The molecule has 0 aromatic carbocycles. The Morgan fingerprint density at radius 1 is 1.40 bits per heavy atom. The lowest BCUT2D eigenvalue weighted by atomic mass is 9.91. The molecule has 114 valence electrons. The van der Waals surface area contributed by atoms with E-state index in [1.165, 1.54) is 0 Å². The van der Waals surface area contributed by atoms with Crippen LogP contribution >= 0.6 is 15.9 Å². The van der Waals surface area contributed by atoms with Crippen molar-refractivity contribution in [2.24, 2.45) is 7.05 Å². The number of aromatic nitrogens is 2. The van der Waals surface area contributed by atoms with Gasteiger partial charge in [-0.2, -0.15) is 5.10 Å². The smallest absolute Gasteiger partial charge is 0.0774 e. The highest BCUT2D eigenvalue weighted by Crippen LogP contribution is 2.27. The third-order valence-corrected chi connectivity index (χ3v) is 5.32. The van der Waals surface area contributed by atoms with Gasteiger partial charge in [-0.25, -0.2) is 0 Å². The Morgan fingerprint density at radius 3 is 2.50 bits per heavy atom. The van der Waals surface area contributed by atoms with Gasteiger partial charge in [0.25, 0.3) is 0 Å². The van der Waals surface area contributed by atoms with Crippen LogP contribution in [0, 0.1) is 6.92 Å². The van der Waals surface area contributed by atoms with Crippen LogP contribution in [0.1, 0.15) is 25.2 Å². The topological polar surface area (TPSA) is 50.5 Å². The van der Waals surface area contributed by atoms with Gasteiger partial charge in [0.2, 0.25) is 0 Å². The first kappa shape index (κ1) is 15.9. The molecule has 0 saturated carbocycles. The predicted octanol–water partition coefficient (Wildman–Crippen LogP) is 1.51. The van der Waals surface area contributed by atoms with Crippen molar-refractivity contribution >= 4 is 15.9 Å². The van der Waals surface area contributed by atoms with E-state index in [1.807, 2.05) is 18.7 Å². The second-order valence-corrected chi connectivity index (χ2v) is 6.74. The maximum Gasteiger partial charge on any atom is 0.0774 e. The Kier molecular flexibility index (Phi) is 4.89. The molecule has 5 nitrogen and oxygen atoms in total. The number of ether oxygens (including phenoxy) is 1. The van der Waals surface area contributed by atoms with Crippen molar-refractivity contribution in [1.29, 1.82) is 0 Å². The minimum atomic E-state index is -0.452. The minimum absolute atomic E-state index is 0.276. The fourth-order valence-corrected chi connectivity index (χ4v) is 3.18. The summed E-state index contributed by atoms with van der Waals surface area (Å²) in [6.45, 7) is 9.38. The molecular weight excluding hydrogens is 322 g/mol. The molecule has 1 N–H and O–H groups in total. The van der Waals surface area contributed by atoms with Crippen LogP contribution in [0.25, 0.3) is 0 Å². The molecule has 1 fully saturated rings. The number of rotatable bonds is 4. The average Bonchev–Trinajstić information content (AvgIpc) is 2.66. The summed E-state index contributed by atoms with van der Waals surface area (Å²) in [5.74, 6) is 0. The molecule has 0 radical (unpaired) electrons. The Morgan fingerprint density at radius 2 is 2.00 bits per heavy atom. The van der Waals surface area contributed by atoms with Crippen LogP contribution in [-0.2, 0) is 18.2 Å². The average molecular weight is 346 g/mol. The molecule has 2 rings (SSSR count). The van der Waals surface area contributed by atoms with Gasteiger partial charge in [-0.1, -0.05) is 0 Å². The molecule has 1 aliphatic heterocycles. The molecule has 1 saturated heterocycles. The van der Waals surface area contributed by atoms with E-state index in [4.69, 9.17) is 4.74 Å². The number of hydrogen-bond acceptors (Lipinski definition) is 4. The SMILES string of the molecule is Cc1nn(C)c(CC(O)C(C)(C)N2CCOCC2)c1Br. The largest absolute Gasteiger partial charge is 0.391 e. The van der Waals surface area contributed by atoms with Crippen molar-refractivity contribution in [3.05, 3.63) is 15.9 Å². The Labute approximate surface area is 129 Å². The molecule has 1 unspecified atom stereocenters. The molecule has 20 heavy (non-hydrogen) atoms. The summed E-state index contributed by atoms with van der Waals surface area (Å²) >= 11 is 3.56. The normalized spacial score (nSPS) is 19.3. The summed E-state index contributed by atoms with van der Waals surface area (Å²) in [5, 5.41) is 15.1. The zero-order valence-electron chi connectivity index (χ0n) is 12.7. The van der Waals surface area contributed by atoms with Gasteiger partial charge >= 0.3 is 0 Å². The number of hydrogen-bond donors (Lipinski definition) is 1. The highest BCUT2D eigenvalue weighted by Gasteiger charge is 2.36. The van der Waals surface area contributed by atoms with Gasteiger partial charge in [0.1, 0.15) is 0 Å². The summed E-state index contributed by atoms with van der Waals surface area (Å²) in [7, 11) is 1.92. The number of aliphatic hydroxyl groups is 1. The van der Waals surface area contributed by atoms with Gasteiger partial charge in [0.15, 0.2) is 0 Å². The number of halogens is 1. The van der Waals surface area contributed by atoms with E-state index in [1.54, 1.807) is 0 Å². The second kappa shape index (κ2) is 6.13. The van der Waals surface area contributed by atoms with Crippen LogP contribution in [0.15, 0.2) is 4.47 Å². The Balaban J connectivity index is 2.11. The Bertz CT molecular complexity index is 467. The van der Waals surface area contributed by atoms with Crippen molar-refractivity contribution in [2.75, 3.05) is 26.3 Å². The summed E-state index contributed by atoms with van der Waals surface area (Å²) in [5.41, 5.74) is 1.72. The molecule has 1 atom stereocenters. The number of morpholine rings is 1. The summed E-state index contributed by atoms with van der Waals surface area (Å²) in [6.07, 6.45) is 0.133. The van der Waals surface area contributed by atoms with Crippen LogP contribution in [0.5, 0.6) is 0 Å². The van der Waals surface area contributed by atoms with Gasteiger partial charge in [-0.3, -0.25) is 9.58 Å². The maximum atomic E-state index is 10.7. The van der Waals surface area contributed by atoms with E-state index in [0.29, 0.717) is 6.42 Å². The van der Waals surface area contributed by atoms with Crippen molar-refractivity contribution in [1.82, 2.24) is 14.7 Å². The van der Waals surface area contributed by atoms with E-state index < -0.39 is 6.10 Å². The monoisotopic (exact) mass is 345 g/mol. The first-order valence-electron chi connectivity index (χ1n) is 7.03. The molecule has 0 aliphatic carbocycles. The summed E-state index contributed by atoms with van der Waals surface area (Å²) < 4.78 is 8.23. The van der Waals surface area contributed by atoms with Crippen LogP contribution in [-0.4, -0.2) is 57.7 Å². The lowest BCUT2D eigenvalue weighted by molar-refractivity contribution is -0.0616. The third-order valence-electron chi connectivity index (χ3n) is 4.29. The van der Waals surface area contributed by atoms with Crippen molar-refractivity contribution in [3.8, 4) is 0 Å². The van der Waals surface area contributed by atoms with Gasteiger partial charge < -0.3 is 9.84 Å². The minimum Gasteiger partial charge on any atom is -0.391 e. The van der Waals surface area contributed by atoms with E-state index in [0.717, 1.165) is 42.2 Å². The van der Waals surface area contributed by atoms with E-state index in [9.17, 15) is 5.11 Å². The highest BCUT2D eigenvalue weighted by atomic mass is 79.9. The van der Waals surface area contributed by atoms with Crippen molar-refractivity contribution in [2.45, 2.75) is 38.8 Å². The van der Waals surface area contributed by atoms with Gasteiger partial charge in [-0.05, 0) is 36.7 Å².